The van der Waals surface area contributed by atoms with E-state index in [0.29, 0.717) is 23.3 Å². The molecule has 0 saturated carbocycles. The normalized spacial score (nSPS) is 17.2. The standard InChI is InChI=1S/C22H27N5O2/c1-3-27-12-10-24-21(27)16-26-11-6-7-17(15-26)18-13-23-14-22(25-18)29-20-9-5-4-8-19(20)28-2/h4-5,8-10,12-14,17H,3,6-7,11,15-16H2,1-2H3. The number of benzene rings is 1. The van der Waals surface area contributed by atoms with Crippen LogP contribution in [0.1, 0.15) is 37.2 Å². The van der Waals surface area contributed by atoms with Gasteiger partial charge in [-0.25, -0.2) is 9.97 Å². The molecule has 2 aromatic heterocycles. The smallest absolute Gasteiger partial charge is 0.238 e. The Morgan fingerprint density at radius 2 is 2.03 bits per heavy atom. The molecule has 1 aromatic carbocycles. The van der Waals surface area contributed by atoms with E-state index >= 15 is 0 Å². The van der Waals surface area contributed by atoms with Crippen molar-refractivity contribution in [3.05, 3.63) is 60.6 Å². The summed E-state index contributed by atoms with van der Waals surface area (Å²) in [5.41, 5.74) is 0.973. The summed E-state index contributed by atoms with van der Waals surface area (Å²) in [6.45, 7) is 5.98. The van der Waals surface area contributed by atoms with E-state index in [2.05, 4.69) is 26.4 Å². The monoisotopic (exact) mass is 393 g/mol. The fourth-order valence-corrected chi connectivity index (χ4v) is 3.84. The average molecular weight is 393 g/mol. The molecule has 0 bridgehead atoms. The van der Waals surface area contributed by atoms with Crippen LogP contribution in [0, 0.1) is 0 Å². The van der Waals surface area contributed by atoms with Crippen molar-refractivity contribution in [2.24, 2.45) is 0 Å². The Bertz CT molecular complexity index is 942. The summed E-state index contributed by atoms with van der Waals surface area (Å²) in [6.07, 6.45) is 9.67. The average Bonchev–Trinajstić information content (AvgIpc) is 3.21. The van der Waals surface area contributed by atoms with E-state index in [1.807, 2.05) is 42.9 Å². The summed E-state index contributed by atoms with van der Waals surface area (Å²) in [6, 6.07) is 7.56. The van der Waals surface area contributed by atoms with Gasteiger partial charge in [0, 0.05) is 37.6 Å². The Morgan fingerprint density at radius 1 is 1.17 bits per heavy atom. The number of ether oxygens (including phenoxy) is 2. The minimum absolute atomic E-state index is 0.336. The Labute approximate surface area is 171 Å². The van der Waals surface area contributed by atoms with E-state index in [1.165, 1.54) is 0 Å². The van der Waals surface area contributed by atoms with Crippen LogP contribution in [0.25, 0.3) is 0 Å². The molecule has 3 aromatic rings. The first-order chi connectivity index (χ1) is 14.3. The van der Waals surface area contributed by atoms with Gasteiger partial charge in [0.05, 0.1) is 25.5 Å². The molecule has 1 aliphatic heterocycles. The summed E-state index contributed by atoms with van der Waals surface area (Å²) >= 11 is 0. The predicted octanol–water partition coefficient (Wildman–Crippen LogP) is 3.87. The fraction of sp³-hybridized carbons (Fsp3) is 0.409. The molecule has 1 atom stereocenters. The Kier molecular flexibility index (Phi) is 6.05. The topological polar surface area (TPSA) is 65.3 Å². The zero-order valence-corrected chi connectivity index (χ0v) is 17.0. The van der Waals surface area contributed by atoms with E-state index in [4.69, 9.17) is 14.5 Å². The van der Waals surface area contributed by atoms with Gasteiger partial charge in [-0.3, -0.25) is 9.88 Å². The van der Waals surface area contributed by atoms with Gasteiger partial charge in [0.1, 0.15) is 5.82 Å². The minimum Gasteiger partial charge on any atom is -0.493 e. The molecule has 0 spiro atoms. The van der Waals surface area contributed by atoms with Crippen LogP contribution in [0.4, 0.5) is 0 Å². The quantitative estimate of drug-likeness (QED) is 0.607. The summed E-state index contributed by atoms with van der Waals surface area (Å²) in [4.78, 5) is 16.1. The molecule has 3 heterocycles. The van der Waals surface area contributed by atoms with E-state index < -0.39 is 0 Å². The maximum atomic E-state index is 5.95. The highest BCUT2D eigenvalue weighted by Gasteiger charge is 2.24. The van der Waals surface area contributed by atoms with Crippen LogP contribution in [0.3, 0.4) is 0 Å². The van der Waals surface area contributed by atoms with Gasteiger partial charge in [0.15, 0.2) is 11.5 Å². The Morgan fingerprint density at radius 3 is 2.86 bits per heavy atom. The van der Waals surface area contributed by atoms with Crippen LogP contribution in [0.5, 0.6) is 17.4 Å². The Hall–Kier alpha value is -2.93. The highest BCUT2D eigenvalue weighted by atomic mass is 16.5. The molecular formula is C22H27N5O2. The molecule has 1 unspecified atom stereocenters. The van der Waals surface area contributed by atoms with Gasteiger partial charge in [0.25, 0.3) is 0 Å². The lowest BCUT2D eigenvalue weighted by Gasteiger charge is -2.32. The molecule has 0 radical (unpaired) electrons. The van der Waals surface area contributed by atoms with E-state index in [9.17, 15) is 0 Å². The number of hydrogen-bond donors (Lipinski definition) is 0. The number of rotatable bonds is 7. The van der Waals surface area contributed by atoms with Crippen LogP contribution >= 0.6 is 0 Å². The highest BCUT2D eigenvalue weighted by molar-refractivity contribution is 5.41. The van der Waals surface area contributed by atoms with Gasteiger partial charge >= 0.3 is 0 Å². The van der Waals surface area contributed by atoms with Crippen LogP contribution in [0.15, 0.2) is 49.1 Å². The maximum Gasteiger partial charge on any atom is 0.238 e. The lowest BCUT2D eigenvalue weighted by Crippen LogP contribution is -2.35. The second-order valence-corrected chi connectivity index (χ2v) is 7.24. The SMILES string of the molecule is CCn1ccnc1CN1CCCC(c2cncc(Oc3ccccc3OC)n2)C1. The lowest BCUT2D eigenvalue weighted by atomic mass is 9.95. The first-order valence-electron chi connectivity index (χ1n) is 10.1. The van der Waals surface area contributed by atoms with E-state index in [0.717, 1.165) is 50.5 Å². The third-order valence-corrected chi connectivity index (χ3v) is 5.35. The summed E-state index contributed by atoms with van der Waals surface area (Å²) in [5, 5.41) is 0. The van der Waals surface area contributed by atoms with Crippen molar-refractivity contribution in [1.82, 2.24) is 24.4 Å². The molecule has 1 saturated heterocycles. The number of hydrogen-bond acceptors (Lipinski definition) is 6. The van der Waals surface area contributed by atoms with Crippen LogP contribution in [-0.4, -0.2) is 44.6 Å². The largest absolute Gasteiger partial charge is 0.493 e. The Balaban J connectivity index is 1.46. The molecule has 7 heteroatoms. The van der Waals surface area contributed by atoms with Gasteiger partial charge in [-0.15, -0.1) is 0 Å². The van der Waals surface area contributed by atoms with Crippen molar-refractivity contribution >= 4 is 0 Å². The zero-order chi connectivity index (χ0) is 20.1. The number of aromatic nitrogens is 4. The molecule has 152 valence electrons. The highest BCUT2D eigenvalue weighted by Crippen LogP contribution is 2.31. The number of nitrogens with zero attached hydrogens (tertiary/aromatic N) is 5. The predicted molar refractivity (Wildman–Crippen MR) is 110 cm³/mol. The molecule has 4 rings (SSSR count). The molecule has 7 nitrogen and oxygen atoms in total. The molecule has 0 N–H and O–H groups in total. The third-order valence-electron chi connectivity index (χ3n) is 5.35. The first-order valence-corrected chi connectivity index (χ1v) is 10.1. The van der Waals surface area contributed by atoms with Crippen molar-refractivity contribution < 1.29 is 9.47 Å². The summed E-state index contributed by atoms with van der Waals surface area (Å²) in [7, 11) is 1.63. The number of likely N-dealkylation sites (tertiary alicyclic amines) is 1. The molecule has 0 aliphatic carbocycles. The van der Waals surface area contributed by atoms with Gasteiger partial charge < -0.3 is 14.0 Å². The number of para-hydroxylation sites is 2. The van der Waals surface area contributed by atoms with Crippen LogP contribution < -0.4 is 9.47 Å². The summed E-state index contributed by atoms with van der Waals surface area (Å²) in [5.74, 6) is 3.26. The van der Waals surface area contributed by atoms with Crippen molar-refractivity contribution in [2.75, 3.05) is 20.2 Å². The molecule has 1 aliphatic rings. The summed E-state index contributed by atoms with van der Waals surface area (Å²) < 4.78 is 13.5. The van der Waals surface area contributed by atoms with Crippen molar-refractivity contribution in [2.45, 2.75) is 38.8 Å². The maximum absolute atomic E-state index is 5.95. The first kappa shape index (κ1) is 19.4. The molecule has 29 heavy (non-hydrogen) atoms. The van der Waals surface area contributed by atoms with Crippen molar-refractivity contribution in [3.8, 4) is 17.4 Å². The molecular weight excluding hydrogens is 366 g/mol. The van der Waals surface area contributed by atoms with Gasteiger partial charge in [0.2, 0.25) is 5.88 Å². The van der Waals surface area contributed by atoms with E-state index in [1.54, 1.807) is 13.3 Å². The minimum atomic E-state index is 0.336. The zero-order valence-electron chi connectivity index (χ0n) is 17.0. The van der Waals surface area contributed by atoms with Crippen molar-refractivity contribution in [1.29, 1.82) is 0 Å². The van der Waals surface area contributed by atoms with Gasteiger partial charge in [-0.05, 0) is 38.4 Å². The second-order valence-electron chi connectivity index (χ2n) is 7.24. The van der Waals surface area contributed by atoms with Crippen LogP contribution in [0.2, 0.25) is 0 Å². The molecule has 0 amide bonds. The van der Waals surface area contributed by atoms with Crippen molar-refractivity contribution in [3.63, 3.8) is 0 Å². The number of methoxy groups -OCH3 is 1. The number of aryl methyl sites for hydroxylation is 1. The number of imidazole rings is 1. The third kappa shape index (κ3) is 4.56. The van der Waals surface area contributed by atoms with Gasteiger partial charge in [-0.2, -0.15) is 0 Å². The lowest BCUT2D eigenvalue weighted by molar-refractivity contribution is 0.191. The van der Waals surface area contributed by atoms with E-state index in [-0.39, 0.29) is 0 Å². The van der Waals surface area contributed by atoms with Gasteiger partial charge in [-0.1, -0.05) is 12.1 Å². The molecule has 1 fully saturated rings. The van der Waals surface area contributed by atoms with Crippen LogP contribution in [-0.2, 0) is 13.1 Å². The second kappa shape index (κ2) is 9.05. The fourth-order valence-electron chi connectivity index (χ4n) is 3.84. The number of piperidine rings is 1.